The second-order valence-electron chi connectivity index (χ2n) is 2.48. The van der Waals surface area contributed by atoms with Crippen molar-refractivity contribution in [2.24, 2.45) is 0 Å². The van der Waals surface area contributed by atoms with Gasteiger partial charge in [0.05, 0.1) is 0 Å². The Hall–Kier alpha value is -1.14. The Kier molecular flexibility index (Phi) is 8.92. The lowest BCUT2D eigenvalue weighted by molar-refractivity contribution is 0.983. The van der Waals surface area contributed by atoms with Crippen molar-refractivity contribution < 1.29 is 0 Å². The Morgan fingerprint density at radius 3 is 1.58 bits per heavy atom. The molecule has 0 spiro atoms. The lowest BCUT2D eigenvalue weighted by Crippen LogP contribution is -1.61. The van der Waals surface area contributed by atoms with Gasteiger partial charge in [0.15, 0.2) is 0 Å². The van der Waals surface area contributed by atoms with Gasteiger partial charge in [0.2, 0.25) is 0 Å². The van der Waals surface area contributed by atoms with Crippen LogP contribution < -0.4 is 0 Å². The summed E-state index contributed by atoms with van der Waals surface area (Å²) in [5.74, 6) is 11.9. The maximum atomic E-state index is 3.02. The van der Waals surface area contributed by atoms with Gasteiger partial charge in [-0.05, 0) is 25.0 Å². The van der Waals surface area contributed by atoms with E-state index in [0.29, 0.717) is 0 Å². The van der Waals surface area contributed by atoms with Crippen LogP contribution >= 0.6 is 0 Å². The Bertz CT molecular complexity index is 198. The molecule has 0 radical (unpaired) electrons. The molecule has 0 amide bonds. The predicted molar refractivity (Wildman–Crippen MR) is 54.5 cm³/mol. The van der Waals surface area contributed by atoms with Crippen molar-refractivity contribution in [1.29, 1.82) is 0 Å². The van der Waals surface area contributed by atoms with E-state index in [1.54, 1.807) is 0 Å². The molecule has 0 aliphatic rings. The van der Waals surface area contributed by atoms with Crippen molar-refractivity contribution in [3.63, 3.8) is 0 Å². The molecule has 0 rings (SSSR count). The lowest BCUT2D eigenvalue weighted by atomic mass is 10.3. The molecule has 0 unspecified atom stereocenters. The fraction of sp³-hybridized carbons (Fsp3) is 0.500. The maximum absolute atomic E-state index is 3.02. The Morgan fingerprint density at radius 2 is 1.25 bits per heavy atom. The molecule has 0 aliphatic carbocycles. The van der Waals surface area contributed by atoms with Crippen LogP contribution in [0.5, 0.6) is 0 Å². The van der Waals surface area contributed by atoms with Gasteiger partial charge in [-0.3, -0.25) is 0 Å². The SMILES string of the molecule is CCCC#C/C=C/C#CCCC. The van der Waals surface area contributed by atoms with E-state index in [-0.39, 0.29) is 0 Å². The van der Waals surface area contributed by atoms with Gasteiger partial charge in [0.25, 0.3) is 0 Å². The number of hydrogen-bond acceptors (Lipinski definition) is 0. The first-order valence-electron chi connectivity index (χ1n) is 4.53. The van der Waals surface area contributed by atoms with Gasteiger partial charge in [-0.1, -0.05) is 37.5 Å². The molecule has 0 aromatic carbocycles. The summed E-state index contributed by atoms with van der Waals surface area (Å²) >= 11 is 0. The average molecular weight is 160 g/mol. The first-order valence-corrected chi connectivity index (χ1v) is 4.53. The molecule has 0 saturated heterocycles. The monoisotopic (exact) mass is 160 g/mol. The normalized spacial score (nSPS) is 8.50. The van der Waals surface area contributed by atoms with Crippen LogP contribution in [0.1, 0.15) is 39.5 Å². The van der Waals surface area contributed by atoms with Gasteiger partial charge in [0, 0.05) is 12.8 Å². The van der Waals surface area contributed by atoms with Crippen LogP contribution in [0, 0.1) is 23.7 Å². The van der Waals surface area contributed by atoms with Crippen LogP contribution in [0.2, 0.25) is 0 Å². The second-order valence-corrected chi connectivity index (χ2v) is 2.48. The first-order chi connectivity index (χ1) is 5.91. The summed E-state index contributed by atoms with van der Waals surface area (Å²) in [7, 11) is 0. The van der Waals surface area contributed by atoms with Crippen molar-refractivity contribution in [3.05, 3.63) is 12.2 Å². The highest BCUT2D eigenvalue weighted by molar-refractivity contribution is 5.24. The Morgan fingerprint density at radius 1 is 0.833 bits per heavy atom. The molecule has 0 nitrogen and oxygen atoms in total. The van der Waals surface area contributed by atoms with E-state index >= 15 is 0 Å². The third-order valence-corrected chi connectivity index (χ3v) is 1.20. The minimum absolute atomic E-state index is 0.979. The fourth-order valence-corrected chi connectivity index (χ4v) is 0.596. The van der Waals surface area contributed by atoms with Gasteiger partial charge >= 0.3 is 0 Å². The molecule has 0 aromatic heterocycles. The fourth-order valence-electron chi connectivity index (χ4n) is 0.596. The minimum Gasteiger partial charge on any atom is -0.0985 e. The summed E-state index contributed by atoms with van der Waals surface area (Å²) in [4.78, 5) is 0. The molecule has 0 aliphatic heterocycles. The zero-order chi connectivity index (χ0) is 9.07. The molecular weight excluding hydrogens is 144 g/mol. The maximum Gasteiger partial charge on any atom is 0.00896 e. The van der Waals surface area contributed by atoms with E-state index in [0.717, 1.165) is 25.7 Å². The molecule has 0 fully saturated rings. The highest BCUT2D eigenvalue weighted by Gasteiger charge is 1.67. The number of rotatable bonds is 2. The molecule has 0 bridgehead atoms. The number of unbranched alkanes of at least 4 members (excludes halogenated alkanes) is 2. The largest absolute Gasteiger partial charge is 0.0985 e. The van der Waals surface area contributed by atoms with Gasteiger partial charge in [-0.15, -0.1) is 0 Å². The highest BCUT2D eigenvalue weighted by Crippen LogP contribution is 1.82. The molecule has 0 heterocycles. The van der Waals surface area contributed by atoms with Crippen molar-refractivity contribution in [2.75, 3.05) is 0 Å². The minimum atomic E-state index is 0.979. The van der Waals surface area contributed by atoms with E-state index in [9.17, 15) is 0 Å². The molecule has 0 atom stereocenters. The Balaban J connectivity index is 3.52. The second kappa shape index (κ2) is 9.86. The smallest absolute Gasteiger partial charge is 0.00896 e. The summed E-state index contributed by atoms with van der Waals surface area (Å²) in [5.41, 5.74) is 0. The summed E-state index contributed by atoms with van der Waals surface area (Å²) in [6.45, 7) is 4.25. The Labute approximate surface area is 76.1 Å². The van der Waals surface area contributed by atoms with Crippen molar-refractivity contribution in [3.8, 4) is 23.7 Å². The topological polar surface area (TPSA) is 0 Å². The van der Waals surface area contributed by atoms with Crippen LogP contribution in [-0.2, 0) is 0 Å². The number of hydrogen-bond donors (Lipinski definition) is 0. The van der Waals surface area contributed by atoms with E-state index in [2.05, 4.69) is 37.5 Å². The average Bonchev–Trinajstić information content (AvgIpc) is 2.10. The van der Waals surface area contributed by atoms with Crippen LogP contribution in [0.4, 0.5) is 0 Å². The van der Waals surface area contributed by atoms with Gasteiger partial charge < -0.3 is 0 Å². The highest BCUT2D eigenvalue weighted by atomic mass is 13.7. The zero-order valence-corrected chi connectivity index (χ0v) is 7.98. The molecule has 12 heavy (non-hydrogen) atoms. The predicted octanol–water partition coefficient (Wildman–Crippen LogP) is 3.15. The van der Waals surface area contributed by atoms with Crippen LogP contribution in [-0.4, -0.2) is 0 Å². The van der Waals surface area contributed by atoms with Crippen molar-refractivity contribution in [1.82, 2.24) is 0 Å². The molecule has 0 N–H and O–H groups in total. The first kappa shape index (κ1) is 10.9. The standard InChI is InChI=1S/C12H16/c1-3-5-7-9-11-12-10-8-6-4-2/h11-12H,3-6H2,1-2H3/b12-11+. The van der Waals surface area contributed by atoms with Gasteiger partial charge in [-0.25, -0.2) is 0 Å². The molecular formula is C12H16. The molecule has 0 heteroatoms. The van der Waals surface area contributed by atoms with Gasteiger partial charge in [-0.2, -0.15) is 0 Å². The summed E-state index contributed by atoms with van der Waals surface area (Å²) in [5, 5.41) is 0. The van der Waals surface area contributed by atoms with Crippen LogP contribution in [0.25, 0.3) is 0 Å². The third kappa shape index (κ3) is 8.86. The van der Waals surface area contributed by atoms with Crippen LogP contribution in [0.15, 0.2) is 12.2 Å². The molecule has 64 valence electrons. The molecule has 0 aromatic rings. The van der Waals surface area contributed by atoms with E-state index in [1.807, 2.05) is 12.2 Å². The van der Waals surface area contributed by atoms with E-state index < -0.39 is 0 Å². The summed E-state index contributed by atoms with van der Waals surface area (Å²) in [6.07, 6.45) is 7.85. The quantitative estimate of drug-likeness (QED) is 0.544. The molecule has 0 saturated carbocycles. The van der Waals surface area contributed by atoms with Crippen LogP contribution in [0.3, 0.4) is 0 Å². The summed E-state index contributed by atoms with van der Waals surface area (Å²) < 4.78 is 0. The van der Waals surface area contributed by atoms with Crippen molar-refractivity contribution >= 4 is 0 Å². The van der Waals surface area contributed by atoms with E-state index in [4.69, 9.17) is 0 Å². The third-order valence-electron chi connectivity index (χ3n) is 1.20. The van der Waals surface area contributed by atoms with Crippen molar-refractivity contribution in [2.45, 2.75) is 39.5 Å². The number of allylic oxidation sites excluding steroid dienone is 2. The lowest BCUT2D eigenvalue weighted by Gasteiger charge is -1.75. The van der Waals surface area contributed by atoms with Gasteiger partial charge in [0.1, 0.15) is 0 Å². The van der Waals surface area contributed by atoms with E-state index in [1.165, 1.54) is 0 Å². The zero-order valence-electron chi connectivity index (χ0n) is 7.98. The summed E-state index contributed by atoms with van der Waals surface area (Å²) in [6, 6.07) is 0.